The molecule has 0 aromatic heterocycles. The Bertz CT molecular complexity index is 154. The fraction of sp³-hybridized carbons (Fsp3) is 1.00. The zero-order valence-electron chi connectivity index (χ0n) is 8.68. The Balaban J connectivity index is 1.71. The summed E-state index contributed by atoms with van der Waals surface area (Å²) in [6, 6.07) is 1.59. The highest BCUT2D eigenvalue weighted by Gasteiger charge is 2.22. The van der Waals surface area contributed by atoms with Crippen LogP contribution in [-0.4, -0.2) is 25.2 Å². The van der Waals surface area contributed by atoms with E-state index in [1.165, 1.54) is 45.2 Å². The monoisotopic (exact) mass is 182 g/mol. The van der Waals surface area contributed by atoms with Crippen molar-refractivity contribution in [3.8, 4) is 0 Å². The van der Waals surface area contributed by atoms with E-state index in [9.17, 15) is 0 Å². The van der Waals surface area contributed by atoms with Crippen molar-refractivity contribution in [1.29, 1.82) is 0 Å². The van der Waals surface area contributed by atoms with Crippen LogP contribution >= 0.6 is 0 Å². The minimum absolute atomic E-state index is 0.776. The van der Waals surface area contributed by atoms with E-state index in [0.29, 0.717) is 0 Å². The molecule has 2 unspecified atom stereocenters. The van der Waals surface area contributed by atoms with Gasteiger partial charge in [-0.05, 0) is 25.2 Å². The Kier molecular flexibility index (Phi) is 3.23. The molecule has 2 nitrogen and oxygen atoms in total. The summed E-state index contributed by atoms with van der Waals surface area (Å²) in [5.74, 6) is 0.964. The van der Waals surface area contributed by atoms with Gasteiger partial charge in [-0.15, -0.1) is 0 Å². The SMILES string of the molecule is CC1CCCC(NC2CNC2)CC1. The van der Waals surface area contributed by atoms with Gasteiger partial charge in [0.1, 0.15) is 0 Å². The summed E-state index contributed by atoms with van der Waals surface area (Å²) in [6.45, 7) is 4.77. The second-order valence-corrected chi connectivity index (χ2v) is 4.83. The average Bonchev–Trinajstić information content (AvgIpc) is 2.23. The van der Waals surface area contributed by atoms with Crippen LogP contribution in [0.2, 0.25) is 0 Å². The summed E-state index contributed by atoms with van der Waals surface area (Å²) in [5, 5.41) is 7.07. The van der Waals surface area contributed by atoms with Gasteiger partial charge >= 0.3 is 0 Å². The molecule has 2 fully saturated rings. The van der Waals surface area contributed by atoms with Gasteiger partial charge < -0.3 is 10.6 Å². The Hall–Kier alpha value is -0.0800. The molecule has 2 heteroatoms. The van der Waals surface area contributed by atoms with Crippen LogP contribution in [-0.2, 0) is 0 Å². The van der Waals surface area contributed by atoms with Gasteiger partial charge in [0.25, 0.3) is 0 Å². The van der Waals surface area contributed by atoms with Crippen molar-refractivity contribution < 1.29 is 0 Å². The first-order chi connectivity index (χ1) is 6.34. The third kappa shape index (κ3) is 2.68. The van der Waals surface area contributed by atoms with Crippen LogP contribution in [0.25, 0.3) is 0 Å². The number of nitrogens with one attached hydrogen (secondary N) is 2. The summed E-state index contributed by atoms with van der Waals surface area (Å²) in [4.78, 5) is 0. The first-order valence-electron chi connectivity index (χ1n) is 5.81. The molecule has 0 aromatic rings. The van der Waals surface area contributed by atoms with Crippen molar-refractivity contribution in [1.82, 2.24) is 10.6 Å². The predicted molar refractivity (Wildman–Crippen MR) is 55.8 cm³/mol. The second kappa shape index (κ2) is 4.43. The normalized spacial score (nSPS) is 36.7. The van der Waals surface area contributed by atoms with E-state index >= 15 is 0 Å². The molecule has 76 valence electrons. The summed E-state index contributed by atoms with van der Waals surface area (Å²) in [7, 11) is 0. The lowest BCUT2D eigenvalue weighted by Crippen LogP contribution is -2.57. The van der Waals surface area contributed by atoms with Crippen molar-refractivity contribution in [3.63, 3.8) is 0 Å². The van der Waals surface area contributed by atoms with Gasteiger partial charge in [-0.3, -0.25) is 0 Å². The maximum Gasteiger partial charge on any atom is 0.0319 e. The third-order valence-corrected chi connectivity index (χ3v) is 3.51. The molecule has 2 aliphatic rings. The molecule has 0 amide bonds. The van der Waals surface area contributed by atoms with Gasteiger partial charge in [0.2, 0.25) is 0 Å². The highest BCUT2D eigenvalue weighted by atomic mass is 15.1. The minimum atomic E-state index is 0.776. The van der Waals surface area contributed by atoms with E-state index in [1.807, 2.05) is 0 Å². The average molecular weight is 182 g/mol. The Labute approximate surface area is 81.5 Å². The summed E-state index contributed by atoms with van der Waals surface area (Å²) in [5.41, 5.74) is 0. The highest BCUT2D eigenvalue weighted by molar-refractivity contribution is 4.85. The fourth-order valence-corrected chi connectivity index (χ4v) is 2.39. The number of rotatable bonds is 2. The molecular formula is C11H22N2. The topological polar surface area (TPSA) is 24.1 Å². The maximum absolute atomic E-state index is 3.75. The summed E-state index contributed by atoms with van der Waals surface area (Å²) in [6.07, 6.45) is 7.11. The van der Waals surface area contributed by atoms with Crippen LogP contribution in [0.4, 0.5) is 0 Å². The van der Waals surface area contributed by atoms with Gasteiger partial charge in [-0.25, -0.2) is 0 Å². The Morgan fingerprint density at radius 1 is 1.00 bits per heavy atom. The van der Waals surface area contributed by atoms with Crippen molar-refractivity contribution in [3.05, 3.63) is 0 Å². The van der Waals surface area contributed by atoms with Gasteiger partial charge in [0.05, 0.1) is 0 Å². The lowest BCUT2D eigenvalue weighted by molar-refractivity contribution is 0.310. The number of hydrogen-bond acceptors (Lipinski definition) is 2. The van der Waals surface area contributed by atoms with E-state index in [2.05, 4.69) is 17.6 Å². The second-order valence-electron chi connectivity index (χ2n) is 4.83. The molecule has 1 heterocycles. The smallest absolute Gasteiger partial charge is 0.0319 e. The molecule has 2 atom stereocenters. The molecule has 0 bridgehead atoms. The summed E-state index contributed by atoms with van der Waals surface area (Å²) < 4.78 is 0. The molecule has 0 aromatic carbocycles. The van der Waals surface area contributed by atoms with E-state index in [-0.39, 0.29) is 0 Å². The van der Waals surface area contributed by atoms with E-state index < -0.39 is 0 Å². The molecule has 2 N–H and O–H groups in total. The number of hydrogen-bond donors (Lipinski definition) is 2. The van der Waals surface area contributed by atoms with Crippen molar-refractivity contribution in [2.24, 2.45) is 5.92 Å². The van der Waals surface area contributed by atoms with Crippen molar-refractivity contribution >= 4 is 0 Å². The fourth-order valence-electron chi connectivity index (χ4n) is 2.39. The van der Waals surface area contributed by atoms with Gasteiger partial charge in [-0.2, -0.15) is 0 Å². The standard InChI is InChI=1S/C11H22N2/c1-9-3-2-4-10(6-5-9)13-11-7-12-8-11/h9-13H,2-8H2,1H3. The van der Waals surface area contributed by atoms with Crippen LogP contribution in [0.1, 0.15) is 39.0 Å². The molecular weight excluding hydrogens is 160 g/mol. The summed E-state index contributed by atoms with van der Waals surface area (Å²) >= 11 is 0. The largest absolute Gasteiger partial charge is 0.314 e. The lowest BCUT2D eigenvalue weighted by Gasteiger charge is -2.32. The molecule has 1 saturated heterocycles. The molecule has 1 saturated carbocycles. The minimum Gasteiger partial charge on any atom is -0.314 e. The van der Waals surface area contributed by atoms with Crippen LogP contribution in [0.3, 0.4) is 0 Å². The predicted octanol–water partition coefficient (Wildman–Crippen LogP) is 1.52. The van der Waals surface area contributed by atoms with Crippen LogP contribution in [0.5, 0.6) is 0 Å². The van der Waals surface area contributed by atoms with Crippen LogP contribution in [0.15, 0.2) is 0 Å². The van der Waals surface area contributed by atoms with E-state index in [1.54, 1.807) is 0 Å². The van der Waals surface area contributed by atoms with Gasteiger partial charge in [-0.1, -0.05) is 19.8 Å². The first kappa shape index (κ1) is 9.47. The zero-order valence-corrected chi connectivity index (χ0v) is 8.68. The molecule has 1 aliphatic carbocycles. The van der Waals surface area contributed by atoms with Crippen molar-refractivity contribution in [2.45, 2.75) is 51.1 Å². The van der Waals surface area contributed by atoms with E-state index in [4.69, 9.17) is 0 Å². The first-order valence-corrected chi connectivity index (χ1v) is 5.81. The zero-order chi connectivity index (χ0) is 9.10. The molecule has 0 radical (unpaired) electrons. The van der Waals surface area contributed by atoms with Gasteiger partial charge in [0.15, 0.2) is 0 Å². The quantitative estimate of drug-likeness (QED) is 0.633. The molecule has 1 aliphatic heterocycles. The molecule has 13 heavy (non-hydrogen) atoms. The Morgan fingerprint density at radius 3 is 2.54 bits per heavy atom. The third-order valence-electron chi connectivity index (χ3n) is 3.51. The molecule has 0 spiro atoms. The van der Waals surface area contributed by atoms with Crippen LogP contribution in [0, 0.1) is 5.92 Å². The van der Waals surface area contributed by atoms with E-state index in [0.717, 1.165) is 18.0 Å². The van der Waals surface area contributed by atoms with Crippen LogP contribution < -0.4 is 10.6 Å². The van der Waals surface area contributed by atoms with Crippen molar-refractivity contribution in [2.75, 3.05) is 13.1 Å². The Morgan fingerprint density at radius 2 is 1.85 bits per heavy atom. The molecule has 2 rings (SSSR count). The van der Waals surface area contributed by atoms with Gasteiger partial charge in [0, 0.05) is 25.2 Å². The maximum atomic E-state index is 3.75. The lowest BCUT2D eigenvalue weighted by atomic mass is 10.0. The highest BCUT2D eigenvalue weighted by Crippen LogP contribution is 2.22.